The summed E-state index contributed by atoms with van der Waals surface area (Å²) in [4.78, 5) is 40.2. The van der Waals surface area contributed by atoms with Crippen LogP contribution < -0.4 is 0 Å². The van der Waals surface area contributed by atoms with Gasteiger partial charge >= 0.3 is 0 Å². The normalized spacial score (nSPS) is 23.4. The van der Waals surface area contributed by atoms with E-state index in [4.69, 9.17) is 4.98 Å². The van der Waals surface area contributed by atoms with E-state index in [0.29, 0.717) is 19.6 Å². The third-order valence-electron chi connectivity index (χ3n) is 6.33. The molecule has 28 heavy (non-hydrogen) atoms. The Morgan fingerprint density at radius 2 is 1.86 bits per heavy atom. The minimum atomic E-state index is -0.00406. The lowest BCUT2D eigenvalue weighted by Gasteiger charge is -2.29. The summed E-state index contributed by atoms with van der Waals surface area (Å²) in [6.45, 7) is 6.30. The lowest BCUT2D eigenvalue weighted by molar-refractivity contribution is -0.133. The molecular formula is C21H31N5O2. The molecule has 0 aliphatic carbocycles. The lowest BCUT2D eigenvalue weighted by atomic mass is 10.1. The van der Waals surface area contributed by atoms with Crippen LogP contribution in [0.3, 0.4) is 0 Å². The predicted molar refractivity (Wildman–Crippen MR) is 105 cm³/mol. The second-order valence-electron chi connectivity index (χ2n) is 8.33. The highest BCUT2D eigenvalue weighted by atomic mass is 16.2. The van der Waals surface area contributed by atoms with Crippen LogP contribution in [0, 0.1) is 0 Å². The molecule has 2 amide bonds. The van der Waals surface area contributed by atoms with Crippen LogP contribution in [0.15, 0.2) is 6.20 Å². The molecule has 1 aromatic rings. The Balaban J connectivity index is 1.44. The van der Waals surface area contributed by atoms with Crippen molar-refractivity contribution in [2.45, 2.75) is 64.5 Å². The maximum absolute atomic E-state index is 13.0. The highest BCUT2D eigenvalue weighted by molar-refractivity contribution is 5.79. The van der Waals surface area contributed by atoms with E-state index in [0.717, 1.165) is 56.0 Å². The number of nitrogens with zero attached hydrogens (tertiary/aromatic N) is 5. The summed E-state index contributed by atoms with van der Waals surface area (Å²) in [5.74, 6) is 1.08. The van der Waals surface area contributed by atoms with Crippen molar-refractivity contribution in [2.75, 3.05) is 32.7 Å². The number of likely N-dealkylation sites (tertiary alicyclic amines) is 2. The van der Waals surface area contributed by atoms with Gasteiger partial charge in [-0.3, -0.25) is 14.5 Å². The summed E-state index contributed by atoms with van der Waals surface area (Å²) in [5, 5.41) is 0. The molecule has 1 atom stereocenters. The maximum Gasteiger partial charge on any atom is 0.237 e. The number of carbonyl (C=O) groups excluding carboxylic acids is 2. The molecule has 0 radical (unpaired) electrons. The summed E-state index contributed by atoms with van der Waals surface area (Å²) in [6, 6.07) is -0.00406. The van der Waals surface area contributed by atoms with Gasteiger partial charge in [-0.25, -0.2) is 9.97 Å². The minimum Gasteiger partial charge on any atom is -0.338 e. The van der Waals surface area contributed by atoms with Crippen molar-refractivity contribution in [3.8, 4) is 0 Å². The first-order chi connectivity index (χ1) is 13.6. The highest BCUT2D eigenvalue weighted by Gasteiger charge is 2.33. The van der Waals surface area contributed by atoms with E-state index in [1.165, 1.54) is 25.7 Å². The van der Waals surface area contributed by atoms with Gasteiger partial charge in [-0.2, -0.15) is 0 Å². The fraction of sp³-hybridized carbons (Fsp3) is 0.714. The Labute approximate surface area is 167 Å². The summed E-state index contributed by atoms with van der Waals surface area (Å²) >= 11 is 0. The molecule has 0 spiro atoms. The summed E-state index contributed by atoms with van der Waals surface area (Å²) in [7, 11) is 0. The smallest absolute Gasteiger partial charge is 0.237 e. The molecule has 3 aliphatic heterocycles. The van der Waals surface area contributed by atoms with Crippen LogP contribution in [-0.4, -0.2) is 69.2 Å². The fourth-order valence-electron chi connectivity index (χ4n) is 4.67. The van der Waals surface area contributed by atoms with E-state index < -0.39 is 0 Å². The molecule has 4 rings (SSSR count). The maximum atomic E-state index is 13.0. The monoisotopic (exact) mass is 385 g/mol. The van der Waals surface area contributed by atoms with Crippen LogP contribution in [0.5, 0.6) is 0 Å². The molecule has 4 heterocycles. The van der Waals surface area contributed by atoms with Crippen molar-refractivity contribution in [3.63, 3.8) is 0 Å². The summed E-state index contributed by atoms with van der Waals surface area (Å²) in [6.07, 6.45) is 9.52. The molecule has 2 saturated heterocycles. The average molecular weight is 386 g/mol. The Morgan fingerprint density at radius 3 is 2.61 bits per heavy atom. The molecule has 0 N–H and O–H groups in total. The largest absolute Gasteiger partial charge is 0.338 e. The number of hydrogen-bond donors (Lipinski definition) is 0. The van der Waals surface area contributed by atoms with Crippen LogP contribution in [0.25, 0.3) is 0 Å². The number of aromatic nitrogens is 2. The van der Waals surface area contributed by atoms with E-state index >= 15 is 0 Å². The second-order valence-corrected chi connectivity index (χ2v) is 8.33. The molecule has 0 unspecified atom stereocenters. The number of hydrogen-bond acceptors (Lipinski definition) is 5. The number of amides is 2. The topological polar surface area (TPSA) is 69.6 Å². The zero-order valence-electron chi connectivity index (χ0n) is 16.9. The standard InChI is InChI=1S/C21H31N5O2/c1-16(27)25-12-8-18-17(14-25)13-22-21(23-18)19-7-6-11-26(19)20(28)15-24-9-4-2-3-5-10-24/h13,19H,2-12,14-15H2,1H3/t19-/m0/s1. The molecule has 0 aromatic carbocycles. The first-order valence-corrected chi connectivity index (χ1v) is 10.7. The molecule has 7 heteroatoms. The third-order valence-corrected chi connectivity index (χ3v) is 6.33. The Bertz CT molecular complexity index is 730. The van der Waals surface area contributed by atoms with Crippen molar-refractivity contribution < 1.29 is 9.59 Å². The predicted octanol–water partition coefficient (Wildman–Crippen LogP) is 1.92. The Morgan fingerprint density at radius 1 is 1.07 bits per heavy atom. The number of rotatable bonds is 3. The van der Waals surface area contributed by atoms with E-state index in [9.17, 15) is 9.59 Å². The lowest BCUT2D eigenvalue weighted by Crippen LogP contribution is -2.41. The average Bonchev–Trinajstić information content (AvgIpc) is 3.06. The van der Waals surface area contributed by atoms with Gasteiger partial charge in [0, 0.05) is 44.7 Å². The third kappa shape index (κ3) is 4.19. The van der Waals surface area contributed by atoms with Crippen molar-refractivity contribution >= 4 is 11.8 Å². The molecule has 0 bridgehead atoms. The zero-order chi connectivity index (χ0) is 19.5. The van der Waals surface area contributed by atoms with Crippen LogP contribution in [0.1, 0.15) is 68.6 Å². The summed E-state index contributed by atoms with van der Waals surface area (Å²) in [5.41, 5.74) is 2.07. The molecule has 3 aliphatic rings. The van der Waals surface area contributed by atoms with Crippen LogP contribution >= 0.6 is 0 Å². The van der Waals surface area contributed by atoms with Gasteiger partial charge in [0.2, 0.25) is 11.8 Å². The van der Waals surface area contributed by atoms with Crippen LogP contribution in [0.4, 0.5) is 0 Å². The molecule has 7 nitrogen and oxygen atoms in total. The van der Waals surface area contributed by atoms with Gasteiger partial charge in [0.15, 0.2) is 5.82 Å². The van der Waals surface area contributed by atoms with E-state index in [1.807, 2.05) is 16.0 Å². The second kappa shape index (κ2) is 8.55. The van der Waals surface area contributed by atoms with Crippen LogP contribution in [0.2, 0.25) is 0 Å². The quantitative estimate of drug-likeness (QED) is 0.795. The molecule has 152 valence electrons. The van der Waals surface area contributed by atoms with Crippen LogP contribution in [-0.2, 0) is 22.6 Å². The van der Waals surface area contributed by atoms with E-state index in [1.54, 1.807) is 6.92 Å². The summed E-state index contributed by atoms with van der Waals surface area (Å²) < 4.78 is 0. The van der Waals surface area contributed by atoms with Gasteiger partial charge in [-0.1, -0.05) is 12.8 Å². The molecule has 2 fully saturated rings. The van der Waals surface area contributed by atoms with Crippen molar-refractivity contribution in [2.24, 2.45) is 0 Å². The van der Waals surface area contributed by atoms with E-state index in [-0.39, 0.29) is 17.9 Å². The SMILES string of the molecule is CC(=O)N1CCc2nc([C@@H]3CCCN3C(=O)CN3CCCCCC3)ncc2C1. The van der Waals surface area contributed by atoms with Gasteiger partial charge in [-0.15, -0.1) is 0 Å². The zero-order valence-corrected chi connectivity index (χ0v) is 16.9. The Hall–Kier alpha value is -2.02. The number of fused-ring (bicyclic) bond motifs is 1. The molecule has 0 saturated carbocycles. The fourth-order valence-corrected chi connectivity index (χ4v) is 4.67. The highest BCUT2D eigenvalue weighted by Crippen LogP contribution is 2.31. The first-order valence-electron chi connectivity index (χ1n) is 10.7. The molecule has 1 aromatic heterocycles. The van der Waals surface area contributed by atoms with Gasteiger partial charge in [0.05, 0.1) is 18.3 Å². The minimum absolute atomic E-state index is 0.00406. The Kier molecular flexibility index (Phi) is 5.90. The van der Waals surface area contributed by atoms with Gasteiger partial charge in [-0.05, 0) is 38.8 Å². The molecular weight excluding hydrogens is 354 g/mol. The van der Waals surface area contributed by atoms with Crippen molar-refractivity contribution in [1.29, 1.82) is 0 Å². The van der Waals surface area contributed by atoms with Crippen molar-refractivity contribution in [1.82, 2.24) is 24.7 Å². The van der Waals surface area contributed by atoms with E-state index in [2.05, 4.69) is 9.88 Å². The van der Waals surface area contributed by atoms with Gasteiger partial charge in [0.25, 0.3) is 0 Å². The van der Waals surface area contributed by atoms with Crippen molar-refractivity contribution in [3.05, 3.63) is 23.3 Å². The van der Waals surface area contributed by atoms with Gasteiger partial charge < -0.3 is 9.80 Å². The number of carbonyl (C=O) groups is 2. The van der Waals surface area contributed by atoms with Gasteiger partial charge in [0.1, 0.15) is 0 Å². The first kappa shape index (κ1) is 19.3.